The summed E-state index contributed by atoms with van der Waals surface area (Å²) in [7, 11) is 0. The highest BCUT2D eigenvalue weighted by atomic mass is 16.3. The number of benzene rings is 1. The molecule has 0 fully saturated rings. The molecule has 1 atom stereocenters. The number of carbonyl (C=O) groups excluding carboxylic acids is 1. The Hall–Kier alpha value is -2.34. The van der Waals surface area contributed by atoms with Gasteiger partial charge in [0.25, 0.3) is 0 Å². The number of nitrogens with zero attached hydrogens (tertiary/aromatic N) is 2. The molecule has 124 valence electrons. The van der Waals surface area contributed by atoms with Crippen LogP contribution in [0.25, 0.3) is 5.69 Å². The van der Waals surface area contributed by atoms with Gasteiger partial charge in [0.1, 0.15) is 0 Å². The first-order chi connectivity index (χ1) is 11.2. The van der Waals surface area contributed by atoms with E-state index < -0.39 is 0 Å². The van der Waals surface area contributed by atoms with Gasteiger partial charge in [0.05, 0.1) is 5.69 Å². The molecule has 2 aromatic rings. The fourth-order valence-electron chi connectivity index (χ4n) is 2.21. The van der Waals surface area contributed by atoms with Crippen molar-refractivity contribution >= 4 is 6.03 Å². The molecule has 6 heteroatoms. The fraction of sp³-hybridized carbons (Fsp3) is 0.412. The van der Waals surface area contributed by atoms with Crippen LogP contribution in [-0.2, 0) is 6.42 Å². The Morgan fingerprint density at radius 2 is 2.09 bits per heavy atom. The summed E-state index contributed by atoms with van der Waals surface area (Å²) in [5.74, 6) is 0.278. The molecule has 2 rings (SSSR count). The van der Waals surface area contributed by atoms with E-state index in [-0.39, 0.29) is 18.6 Å². The first-order valence-electron chi connectivity index (χ1n) is 7.90. The zero-order valence-electron chi connectivity index (χ0n) is 13.4. The summed E-state index contributed by atoms with van der Waals surface area (Å²) in [6.07, 6.45) is 5.12. The second kappa shape index (κ2) is 8.95. The van der Waals surface area contributed by atoms with Crippen LogP contribution < -0.4 is 10.6 Å². The largest absolute Gasteiger partial charge is 0.396 e. The van der Waals surface area contributed by atoms with Crippen LogP contribution >= 0.6 is 0 Å². The summed E-state index contributed by atoms with van der Waals surface area (Å²) in [6.45, 7) is 3.31. The quantitative estimate of drug-likeness (QED) is 0.694. The van der Waals surface area contributed by atoms with E-state index in [1.165, 1.54) is 0 Å². The van der Waals surface area contributed by atoms with Gasteiger partial charge in [0, 0.05) is 32.1 Å². The van der Waals surface area contributed by atoms with Crippen LogP contribution in [0.15, 0.2) is 42.7 Å². The lowest BCUT2D eigenvalue weighted by Crippen LogP contribution is -2.38. The molecule has 0 aliphatic carbocycles. The smallest absolute Gasteiger partial charge is 0.314 e. The van der Waals surface area contributed by atoms with Gasteiger partial charge in [0.2, 0.25) is 0 Å². The van der Waals surface area contributed by atoms with Gasteiger partial charge >= 0.3 is 6.03 Å². The standard InChI is InChI=1S/C17H24N4O2/c1-14(8-12-22)13-19-17(23)18-10-7-15-3-5-16(6-4-15)21-11-2-9-20-21/h2-6,9,11,14,22H,7-8,10,12-13H2,1H3,(H2,18,19,23). The molecule has 1 unspecified atom stereocenters. The maximum atomic E-state index is 11.7. The number of amides is 2. The van der Waals surface area contributed by atoms with E-state index in [4.69, 9.17) is 5.11 Å². The number of aliphatic hydroxyl groups excluding tert-OH is 1. The predicted molar refractivity (Wildman–Crippen MR) is 89.5 cm³/mol. The second-order valence-electron chi connectivity index (χ2n) is 5.62. The molecule has 0 saturated heterocycles. The molecule has 23 heavy (non-hydrogen) atoms. The molecule has 1 aromatic heterocycles. The molecule has 2 amide bonds. The summed E-state index contributed by atoms with van der Waals surface area (Å²) in [5.41, 5.74) is 2.18. The number of urea groups is 1. The van der Waals surface area contributed by atoms with E-state index in [0.717, 1.165) is 17.7 Å². The highest BCUT2D eigenvalue weighted by Gasteiger charge is 2.04. The molecule has 6 nitrogen and oxygen atoms in total. The van der Waals surface area contributed by atoms with Crippen LogP contribution in [0, 0.1) is 5.92 Å². The van der Waals surface area contributed by atoms with Crippen molar-refractivity contribution in [2.24, 2.45) is 5.92 Å². The number of hydrogen-bond donors (Lipinski definition) is 3. The van der Waals surface area contributed by atoms with Crippen molar-refractivity contribution in [3.8, 4) is 5.69 Å². The van der Waals surface area contributed by atoms with Gasteiger partial charge in [-0.15, -0.1) is 0 Å². The Labute approximate surface area is 136 Å². The van der Waals surface area contributed by atoms with Gasteiger partial charge in [0.15, 0.2) is 0 Å². The third kappa shape index (κ3) is 5.75. The van der Waals surface area contributed by atoms with E-state index in [1.54, 1.807) is 6.20 Å². The summed E-state index contributed by atoms with van der Waals surface area (Å²) < 4.78 is 1.81. The van der Waals surface area contributed by atoms with Gasteiger partial charge < -0.3 is 15.7 Å². The normalized spacial score (nSPS) is 11.9. The molecule has 0 bridgehead atoms. The minimum absolute atomic E-state index is 0.152. The Kier molecular flexibility index (Phi) is 6.62. The van der Waals surface area contributed by atoms with Gasteiger partial charge in [-0.25, -0.2) is 9.48 Å². The number of carbonyl (C=O) groups is 1. The van der Waals surface area contributed by atoms with Crippen LogP contribution in [0.3, 0.4) is 0 Å². The van der Waals surface area contributed by atoms with Crippen molar-refractivity contribution in [3.05, 3.63) is 48.3 Å². The SMILES string of the molecule is CC(CCO)CNC(=O)NCCc1ccc(-n2cccn2)cc1. The Morgan fingerprint density at radius 3 is 2.74 bits per heavy atom. The summed E-state index contributed by atoms with van der Waals surface area (Å²) >= 11 is 0. The number of aliphatic hydroxyl groups is 1. The molecule has 0 spiro atoms. The van der Waals surface area contributed by atoms with Crippen LogP contribution in [0.1, 0.15) is 18.9 Å². The third-order valence-corrected chi connectivity index (χ3v) is 3.64. The first-order valence-corrected chi connectivity index (χ1v) is 7.90. The molecule has 0 aliphatic heterocycles. The molecule has 0 saturated carbocycles. The number of aromatic nitrogens is 2. The topological polar surface area (TPSA) is 79.2 Å². The van der Waals surface area contributed by atoms with Crippen molar-refractivity contribution in [1.29, 1.82) is 0 Å². The number of hydrogen-bond acceptors (Lipinski definition) is 3. The Bertz CT molecular complexity index is 581. The van der Waals surface area contributed by atoms with Crippen molar-refractivity contribution in [2.75, 3.05) is 19.7 Å². The molecular formula is C17H24N4O2. The maximum Gasteiger partial charge on any atom is 0.314 e. The average Bonchev–Trinajstić information content (AvgIpc) is 3.08. The van der Waals surface area contributed by atoms with Crippen molar-refractivity contribution in [1.82, 2.24) is 20.4 Å². The lowest BCUT2D eigenvalue weighted by molar-refractivity contribution is 0.234. The zero-order valence-corrected chi connectivity index (χ0v) is 13.4. The highest BCUT2D eigenvalue weighted by Crippen LogP contribution is 2.08. The van der Waals surface area contributed by atoms with Crippen molar-refractivity contribution in [3.63, 3.8) is 0 Å². The fourth-order valence-corrected chi connectivity index (χ4v) is 2.21. The van der Waals surface area contributed by atoms with Gasteiger partial charge in [-0.2, -0.15) is 5.10 Å². The predicted octanol–water partition coefficient (Wildman–Crippen LogP) is 1.73. The minimum Gasteiger partial charge on any atom is -0.396 e. The molecular weight excluding hydrogens is 292 g/mol. The van der Waals surface area contributed by atoms with E-state index >= 15 is 0 Å². The highest BCUT2D eigenvalue weighted by molar-refractivity contribution is 5.73. The van der Waals surface area contributed by atoms with Crippen LogP contribution in [0.2, 0.25) is 0 Å². The molecule has 1 heterocycles. The van der Waals surface area contributed by atoms with E-state index in [0.29, 0.717) is 19.5 Å². The van der Waals surface area contributed by atoms with Crippen molar-refractivity contribution < 1.29 is 9.90 Å². The first kappa shape index (κ1) is 17.0. The molecule has 1 aromatic carbocycles. The maximum absolute atomic E-state index is 11.7. The van der Waals surface area contributed by atoms with Crippen LogP contribution in [0.4, 0.5) is 4.79 Å². The monoisotopic (exact) mass is 316 g/mol. The van der Waals surface area contributed by atoms with Crippen molar-refractivity contribution in [2.45, 2.75) is 19.8 Å². The van der Waals surface area contributed by atoms with Gasteiger partial charge in [-0.05, 0) is 42.5 Å². The third-order valence-electron chi connectivity index (χ3n) is 3.64. The zero-order chi connectivity index (χ0) is 16.5. The summed E-state index contributed by atoms with van der Waals surface area (Å²) in [4.78, 5) is 11.7. The summed E-state index contributed by atoms with van der Waals surface area (Å²) in [6, 6.07) is 9.83. The number of nitrogens with one attached hydrogen (secondary N) is 2. The Morgan fingerprint density at radius 1 is 1.30 bits per heavy atom. The molecule has 0 aliphatic rings. The van der Waals surface area contributed by atoms with Gasteiger partial charge in [-0.3, -0.25) is 0 Å². The second-order valence-corrected chi connectivity index (χ2v) is 5.62. The lowest BCUT2D eigenvalue weighted by atomic mass is 10.1. The number of rotatable bonds is 8. The van der Waals surface area contributed by atoms with E-state index in [9.17, 15) is 4.79 Å². The minimum atomic E-state index is -0.164. The average molecular weight is 316 g/mol. The summed E-state index contributed by atoms with van der Waals surface area (Å²) in [5, 5.41) is 18.6. The van der Waals surface area contributed by atoms with Crippen LogP contribution in [-0.4, -0.2) is 40.6 Å². The van der Waals surface area contributed by atoms with E-state index in [1.807, 2.05) is 48.1 Å². The molecule has 0 radical (unpaired) electrons. The van der Waals surface area contributed by atoms with Gasteiger partial charge in [-0.1, -0.05) is 19.1 Å². The Balaban J connectivity index is 1.69. The molecule has 3 N–H and O–H groups in total. The van der Waals surface area contributed by atoms with Crippen LogP contribution in [0.5, 0.6) is 0 Å². The lowest BCUT2D eigenvalue weighted by Gasteiger charge is -2.12. The van der Waals surface area contributed by atoms with E-state index in [2.05, 4.69) is 15.7 Å².